The van der Waals surface area contributed by atoms with Crippen LogP contribution in [0.4, 0.5) is 5.69 Å². The lowest BCUT2D eigenvalue weighted by Crippen LogP contribution is -2.53. The molecule has 4 aromatic rings. The number of hydrogen-bond acceptors (Lipinski definition) is 5. The van der Waals surface area contributed by atoms with Gasteiger partial charge in [-0.25, -0.2) is 8.42 Å². The SMILES string of the molecule is CCCCNC(=O)[C@H](Cc1ccccc1)N(Cc1cccc(Br)c1)C(=O)CN(c1ccccc1)S(=O)(=O)c1ccc(OC)cc1. The van der Waals surface area contributed by atoms with E-state index in [9.17, 15) is 18.0 Å². The number of anilines is 1. The molecule has 45 heavy (non-hydrogen) atoms. The molecule has 0 bridgehead atoms. The van der Waals surface area contributed by atoms with E-state index >= 15 is 0 Å². The lowest BCUT2D eigenvalue weighted by atomic mass is 10.0. The molecular formula is C35H38BrN3O5S. The highest BCUT2D eigenvalue weighted by molar-refractivity contribution is 9.10. The van der Waals surface area contributed by atoms with Crippen molar-refractivity contribution >= 4 is 43.5 Å². The summed E-state index contributed by atoms with van der Waals surface area (Å²) in [6.07, 6.45) is 1.96. The zero-order valence-corrected chi connectivity index (χ0v) is 27.8. The Kier molecular flexibility index (Phi) is 12.2. The van der Waals surface area contributed by atoms with Crippen molar-refractivity contribution in [2.75, 3.05) is 24.5 Å². The van der Waals surface area contributed by atoms with Crippen LogP contribution in [0.1, 0.15) is 30.9 Å². The summed E-state index contributed by atoms with van der Waals surface area (Å²) < 4.78 is 35.3. The van der Waals surface area contributed by atoms with Crippen LogP contribution >= 0.6 is 15.9 Å². The summed E-state index contributed by atoms with van der Waals surface area (Å²) >= 11 is 3.50. The first-order valence-corrected chi connectivity index (χ1v) is 17.0. The van der Waals surface area contributed by atoms with Crippen LogP contribution in [0.3, 0.4) is 0 Å². The third-order valence-electron chi connectivity index (χ3n) is 7.31. The minimum absolute atomic E-state index is 0.0108. The fourth-order valence-corrected chi connectivity index (χ4v) is 6.75. The van der Waals surface area contributed by atoms with E-state index in [0.717, 1.165) is 32.7 Å². The molecule has 0 aliphatic rings. The average molecular weight is 693 g/mol. The first-order chi connectivity index (χ1) is 21.7. The fourth-order valence-electron chi connectivity index (χ4n) is 4.89. The number of hydrogen-bond donors (Lipinski definition) is 1. The molecule has 4 aromatic carbocycles. The molecule has 10 heteroatoms. The van der Waals surface area contributed by atoms with E-state index in [1.54, 1.807) is 42.5 Å². The first kappa shape index (κ1) is 33.7. The minimum Gasteiger partial charge on any atom is -0.497 e. The lowest BCUT2D eigenvalue weighted by molar-refractivity contribution is -0.140. The standard InChI is InChI=1S/C35H38BrN3O5S/c1-3-4-22-37-35(41)33(24-27-12-7-5-8-13-27)38(25-28-14-11-15-29(36)23-28)34(40)26-39(30-16-9-6-10-17-30)45(42,43)32-20-18-31(44-2)19-21-32/h5-21,23,33H,3-4,22,24-26H2,1-2H3,(H,37,41)/t33-/m0/s1. The number of benzene rings is 4. The number of rotatable bonds is 15. The highest BCUT2D eigenvalue weighted by atomic mass is 79.9. The molecule has 4 rings (SSSR count). The monoisotopic (exact) mass is 691 g/mol. The normalized spacial score (nSPS) is 11.8. The first-order valence-electron chi connectivity index (χ1n) is 14.8. The van der Waals surface area contributed by atoms with E-state index in [0.29, 0.717) is 18.0 Å². The van der Waals surface area contributed by atoms with Crippen molar-refractivity contribution in [1.82, 2.24) is 10.2 Å². The number of nitrogens with zero attached hydrogens (tertiary/aromatic N) is 2. The van der Waals surface area contributed by atoms with Crippen molar-refractivity contribution in [2.24, 2.45) is 0 Å². The Morgan fingerprint density at radius 2 is 1.51 bits per heavy atom. The van der Waals surface area contributed by atoms with Gasteiger partial charge < -0.3 is 15.0 Å². The van der Waals surface area contributed by atoms with Gasteiger partial charge in [0, 0.05) is 24.0 Å². The van der Waals surface area contributed by atoms with Crippen LogP contribution in [0, 0.1) is 0 Å². The number of para-hydroxylation sites is 1. The van der Waals surface area contributed by atoms with Crippen LogP contribution < -0.4 is 14.4 Å². The number of ether oxygens (including phenoxy) is 1. The van der Waals surface area contributed by atoms with Crippen LogP contribution in [0.25, 0.3) is 0 Å². The number of nitrogens with one attached hydrogen (secondary N) is 1. The third kappa shape index (κ3) is 9.18. The summed E-state index contributed by atoms with van der Waals surface area (Å²) in [5.41, 5.74) is 2.00. The predicted molar refractivity (Wildman–Crippen MR) is 181 cm³/mol. The number of carbonyl (C=O) groups is 2. The Morgan fingerprint density at radius 1 is 0.867 bits per heavy atom. The molecule has 0 aromatic heterocycles. The van der Waals surface area contributed by atoms with Crippen LogP contribution in [-0.4, -0.2) is 51.4 Å². The molecule has 0 radical (unpaired) electrons. The second-order valence-electron chi connectivity index (χ2n) is 10.5. The maximum atomic E-state index is 14.5. The van der Waals surface area contributed by atoms with Gasteiger partial charge in [-0.1, -0.05) is 89.9 Å². The van der Waals surface area contributed by atoms with E-state index < -0.39 is 28.5 Å². The highest BCUT2D eigenvalue weighted by Gasteiger charge is 2.34. The largest absolute Gasteiger partial charge is 0.497 e. The summed E-state index contributed by atoms with van der Waals surface area (Å²) in [6.45, 7) is 2.10. The average Bonchev–Trinajstić information content (AvgIpc) is 3.06. The van der Waals surface area contributed by atoms with Gasteiger partial charge >= 0.3 is 0 Å². The van der Waals surface area contributed by atoms with E-state index in [1.165, 1.54) is 24.1 Å². The predicted octanol–water partition coefficient (Wildman–Crippen LogP) is 6.21. The molecule has 0 unspecified atom stereocenters. The molecule has 0 fully saturated rings. The number of methoxy groups -OCH3 is 1. The van der Waals surface area contributed by atoms with Gasteiger partial charge in [-0.2, -0.15) is 0 Å². The summed E-state index contributed by atoms with van der Waals surface area (Å²) in [5, 5.41) is 3.00. The Morgan fingerprint density at radius 3 is 2.13 bits per heavy atom. The molecule has 1 atom stereocenters. The van der Waals surface area contributed by atoms with E-state index in [-0.39, 0.29) is 23.8 Å². The van der Waals surface area contributed by atoms with Crippen LogP contribution in [0.15, 0.2) is 119 Å². The Hall–Kier alpha value is -4.15. The molecule has 8 nitrogen and oxygen atoms in total. The van der Waals surface area contributed by atoms with E-state index in [2.05, 4.69) is 21.2 Å². The van der Waals surface area contributed by atoms with Crippen molar-refractivity contribution in [3.8, 4) is 5.75 Å². The molecular weight excluding hydrogens is 654 g/mol. The number of amides is 2. The number of carbonyl (C=O) groups excluding carboxylic acids is 2. The zero-order chi connectivity index (χ0) is 32.2. The van der Waals surface area contributed by atoms with Gasteiger partial charge in [-0.05, 0) is 66.1 Å². The number of halogens is 1. The number of unbranched alkanes of at least 4 members (excludes halogenated alkanes) is 1. The topological polar surface area (TPSA) is 96.0 Å². The molecule has 0 saturated carbocycles. The molecule has 0 heterocycles. The molecule has 0 saturated heterocycles. The van der Waals surface area contributed by atoms with Gasteiger partial charge in [0.15, 0.2) is 0 Å². The summed E-state index contributed by atoms with van der Waals surface area (Å²) in [4.78, 5) is 29.8. The van der Waals surface area contributed by atoms with Crippen molar-refractivity contribution in [3.05, 3.63) is 125 Å². The molecule has 1 N–H and O–H groups in total. The fraction of sp³-hybridized carbons (Fsp3) is 0.257. The smallest absolute Gasteiger partial charge is 0.264 e. The quantitative estimate of drug-likeness (QED) is 0.150. The van der Waals surface area contributed by atoms with Crippen LogP contribution in [0.2, 0.25) is 0 Å². The maximum Gasteiger partial charge on any atom is 0.264 e. The number of sulfonamides is 1. The van der Waals surface area contributed by atoms with Gasteiger partial charge in [0.1, 0.15) is 18.3 Å². The Labute approximate surface area is 274 Å². The summed E-state index contributed by atoms with van der Waals surface area (Å²) in [6, 6.07) is 30.7. The van der Waals surface area contributed by atoms with Gasteiger partial charge in [-0.15, -0.1) is 0 Å². The van der Waals surface area contributed by atoms with Gasteiger partial charge in [-0.3, -0.25) is 13.9 Å². The van der Waals surface area contributed by atoms with E-state index in [4.69, 9.17) is 4.74 Å². The minimum atomic E-state index is -4.19. The summed E-state index contributed by atoms with van der Waals surface area (Å²) in [5.74, 6) is -0.295. The maximum absolute atomic E-state index is 14.5. The zero-order valence-electron chi connectivity index (χ0n) is 25.4. The third-order valence-corrected chi connectivity index (χ3v) is 9.59. The van der Waals surface area contributed by atoms with Crippen molar-refractivity contribution in [2.45, 2.75) is 43.7 Å². The van der Waals surface area contributed by atoms with E-state index in [1.807, 2.05) is 61.5 Å². The van der Waals surface area contributed by atoms with Crippen molar-refractivity contribution in [3.63, 3.8) is 0 Å². The lowest BCUT2D eigenvalue weighted by Gasteiger charge is -2.34. The molecule has 2 amide bonds. The second kappa shape index (κ2) is 16.2. The van der Waals surface area contributed by atoms with Crippen molar-refractivity contribution < 1.29 is 22.7 Å². The molecule has 0 aliphatic heterocycles. The molecule has 236 valence electrons. The Bertz CT molecular complexity index is 1650. The van der Waals surface area contributed by atoms with Gasteiger partial charge in [0.2, 0.25) is 11.8 Å². The molecule has 0 aliphatic carbocycles. The van der Waals surface area contributed by atoms with Crippen molar-refractivity contribution in [1.29, 1.82) is 0 Å². The second-order valence-corrected chi connectivity index (χ2v) is 13.3. The van der Waals surface area contributed by atoms with Crippen LogP contribution in [-0.2, 0) is 32.6 Å². The highest BCUT2D eigenvalue weighted by Crippen LogP contribution is 2.26. The molecule has 0 spiro atoms. The summed E-state index contributed by atoms with van der Waals surface area (Å²) in [7, 11) is -2.68. The van der Waals surface area contributed by atoms with Crippen LogP contribution in [0.5, 0.6) is 5.75 Å². The van der Waals surface area contributed by atoms with Gasteiger partial charge in [0.05, 0.1) is 17.7 Å². The Balaban J connectivity index is 1.77. The van der Waals surface area contributed by atoms with Gasteiger partial charge in [0.25, 0.3) is 10.0 Å².